The topological polar surface area (TPSA) is 42.2 Å². The average molecular weight is 382 g/mol. The van der Waals surface area contributed by atoms with Crippen LogP contribution in [0.3, 0.4) is 0 Å². The maximum atomic E-state index is 11.8. The Hall–Kier alpha value is -0.720. The highest BCUT2D eigenvalue weighted by Gasteiger charge is 2.14. The molecule has 2 aromatic rings. The number of hydrogen-bond donors (Lipinski definition) is 1. The van der Waals surface area contributed by atoms with Gasteiger partial charge in [0.2, 0.25) is 5.22 Å². The van der Waals surface area contributed by atoms with Gasteiger partial charge in [-0.1, -0.05) is 11.6 Å². The summed E-state index contributed by atoms with van der Waals surface area (Å²) in [7, 11) is 0. The van der Waals surface area contributed by atoms with Gasteiger partial charge in [-0.3, -0.25) is 4.79 Å². The fourth-order valence-electron chi connectivity index (χ4n) is 1.24. The first-order chi connectivity index (χ1) is 8.08. The summed E-state index contributed by atoms with van der Waals surface area (Å²) in [4.78, 5) is 11.8. The number of rotatable bonds is 2. The normalized spacial score (nSPS) is 10.3. The molecular formula is C11H6Cl2INO2. The molecule has 88 valence electrons. The van der Waals surface area contributed by atoms with Gasteiger partial charge < -0.3 is 9.73 Å². The fourth-order valence-corrected chi connectivity index (χ4v) is 2.44. The van der Waals surface area contributed by atoms with Crippen molar-refractivity contribution in [1.29, 1.82) is 0 Å². The molecule has 0 radical (unpaired) electrons. The van der Waals surface area contributed by atoms with E-state index < -0.39 is 0 Å². The van der Waals surface area contributed by atoms with E-state index >= 15 is 0 Å². The number of benzene rings is 1. The molecule has 0 unspecified atom stereocenters. The summed E-state index contributed by atoms with van der Waals surface area (Å²) >= 11 is 13.6. The maximum Gasteiger partial charge on any atom is 0.260 e. The Morgan fingerprint density at radius 1 is 1.29 bits per heavy atom. The number of carbonyl (C=O) groups excluding carboxylic acids is 1. The van der Waals surface area contributed by atoms with E-state index in [4.69, 9.17) is 27.6 Å². The summed E-state index contributed by atoms with van der Waals surface area (Å²) in [5.74, 6) is -0.316. The molecule has 1 heterocycles. The lowest BCUT2D eigenvalue weighted by Crippen LogP contribution is -2.12. The number of halogens is 3. The van der Waals surface area contributed by atoms with Crippen LogP contribution in [-0.2, 0) is 0 Å². The summed E-state index contributed by atoms with van der Waals surface area (Å²) in [6.07, 6.45) is 1.37. The fraction of sp³-hybridized carbons (Fsp3) is 0. The minimum Gasteiger partial charge on any atom is -0.452 e. The van der Waals surface area contributed by atoms with Crippen LogP contribution in [0.5, 0.6) is 0 Å². The lowest BCUT2D eigenvalue weighted by atomic mass is 10.3. The summed E-state index contributed by atoms with van der Waals surface area (Å²) in [6.45, 7) is 0. The molecule has 2 rings (SSSR count). The van der Waals surface area contributed by atoms with Gasteiger partial charge >= 0.3 is 0 Å². The molecule has 6 heteroatoms. The Morgan fingerprint density at radius 3 is 2.65 bits per heavy atom. The molecular weight excluding hydrogens is 376 g/mol. The third kappa shape index (κ3) is 2.94. The van der Waals surface area contributed by atoms with E-state index in [1.165, 1.54) is 12.3 Å². The highest BCUT2D eigenvalue weighted by Crippen LogP contribution is 2.24. The number of amides is 1. The van der Waals surface area contributed by atoms with E-state index in [-0.39, 0.29) is 11.1 Å². The van der Waals surface area contributed by atoms with Crippen molar-refractivity contribution in [3.63, 3.8) is 0 Å². The lowest BCUT2D eigenvalue weighted by molar-refractivity contribution is 0.102. The first-order valence-electron chi connectivity index (χ1n) is 4.57. The highest BCUT2D eigenvalue weighted by atomic mass is 127. The predicted octanol–water partition coefficient (Wildman–Crippen LogP) is 4.44. The Kier molecular flexibility index (Phi) is 3.96. The number of anilines is 1. The van der Waals surface area contributed by atoms with E-state index in [9.17, 15) is 4.79 Å². The molecule has 0 aliphatic heterocycles. The van der Waals surface area contributed by atoms with Crippen molar-refractivity contribution in [3.05, 3.63) is 49.9 Å². The molecule has 1 aromatic heterocycles. The van der Waals surface area contributed by atoms with E-state index in [0.717, 1.165) is 3.57 Å². The predicted molar refractivity (Wildman–Crippen MR) is 75.8 cm³/mol. The van der Waals surface area contributed by atoms with E-state index in [0.29, 0.717) is 16.3 Å². The van der Waals surface area contributed by atoms with E-state index in [2.05, 4.69) is 27.9 Å². The second kappa shape index (κ2) is 5.29. The molecule has 0 atom stereocenters. The van der Waals surface area contributed by atoms with Crippen molar-refractivity contribution in [2.75, 3.05) is 5.32 Å². The van der Waals surface area contributed by atoms with Gasteiger partial charge in [-0.25, -0.2) is 0 Å². The van der Waals surface area contributed by atoms with Gasteiger partial charge in [-0.15, -0.1) is 0 Å². The van der Waals surface area contributed by atoms with E-state index in [1.807, 2.05) is 0 Å². The van der Waals surface area contributed by atoms with Crippen LogP contribution in [0.15, 0.2) is 34.9 Å². The summed E-state index contributed by atoms with van der Waals surface area (Å²) in [5, 5.41) is 3.43. The highest BCUT2D eigenvalue weighted by molar-refractivity contribution is 14.1. The van der Waals surface area contributed by atoms with Crippen molar-refractivity contribution in [2.45, 2.75) is 0 Å². The molecule has 1 amide bonds. The van der Waals surface area contributed by atoms with Crippen LogP contribution in [0.1, 0.15) is 10.4 Å². The molecule has 1 aromatic carbocycles. The van der Waals surface area contributed by atoms with E-state index in [1.54, 1.807) is 18.2 Å². The molecule has 0 bridgehead atoms. The van der Waals surface area contributed by atoms with Gasteiger partial charge in [-0.2, -0.15) is 0 Å². The zero-order chi connectivity index (χ0) is 12.4. The zero-order valence-electron chi connectivity index (χ0n) is 8.34. The molecule has 0 saturated heterocycles. The molecule has 0 spiro atoms. The standard InChI is InChI=1S/C11H6Cl2INO2/c12-6-1-2-9(8(14)5-6)15-11(16)7-3-4-17-10(7)13/h1-5H,(H,15,16). The van der Waals surface area contributed by atoms with Crippen LogP contribution in [0, 0.1) is 3.57 Å². The minimum atomic E-state index is -0.316. The minimum absolute atomic E-state index is 0.0754. The van der Waals surface area contributed by atoms with Crippen LogP contribution >= 0.6 is 45.8 Å². The largest absolute Gasteiger partial charge is 0.452 e. The van der Waals surface area contributed by atoms with Gasteiger partial charge in [0.05, 0.1) is 17.5 Å². The SMILES string of the molecule is O=C(Nc1ccc(Cl)cc1I)c1ccoc1Cl. The number of furan rings is 1. The number of carbonyl (C=O) groups is 1. The third-order valence-corrected chi connectivity index (χ3v) is 3.46. The Morgan fingerprint density at radius 2 is 2.06 bits per heavy atom. The summed E-state index contributed by atoms with van der Waals surface area (Å²) < 4.78 is 5.70. The quantitative estimate of drug-likeness (QED) is 0.781. The Bertz CT molecular complexity index is 568. The molecule has 0 aliphatic carbocycles. The zero-order valence-corrected chi connectivity index (χ0v) is 12.0. The molecule has 0 aliphatic rings. The molecule has 0 saturated carbocycles. The maximum absolute atomic E-state index is 11.8. The van der Waals surface area contributed by atoms with Gasteiger partial charge in [-0.05, 0) is 58.5 Å². The lowest BCUT2D eigenvalue weighted by Gasteiger charge is -2.06. The van der Waals surface area contributed by atoms with Crippen molar-refractivity contribution >= 4 is 57.4 Å². The Balaban J connectivity index is 2.22. The second-order valence-electron chi connectivity index (χ2n) is 3.19. The van der Waals surface area contributed by atoms with Gasteiger partial charge in [0, 0.05) is 8.59 Å². The first kappa shape index (κ1) is 12.7. The molecule has 1 N–H and O–H groups in total. The number of nitrogens with one attached hydrogen (secondary N) is 1. The Labute approximate surface area is 121 Å². The molecule has 3 nitrogen and oxygen atoms in total. The van der Waals surface area contributed by atoms with Crippen LogP contribution in [0.25, 0.3) is 0 Å². The van der Waals surface area contributed by atoms with Crippen molar-refractivity contribution in [3.8, 4) is 0 Å². The van der Waals surface area contributed by atoms with Crippen molar-refractivity contribution in [2.24, 2.45) is 0 Å². The van der Waals surface area contributed by atoms with Gasteiger partial charge in [0.1, 0.15) is 0 Å². The van der Waals surface area contributed by atoms with Crippen LogP contribution in [-0.4, -0.2) is 5.91 Å². The average Bonchev–Trinajstić information content (AvgIpc) is 2.68. The molecule has 0 fully saturated rings. The van der Waals surface area contributed by atoms with Crippen LogP contribution in [0.4, 0.5) is 5.69 Å². The summed E-state index contributed by atoms with van der Waals surface area (Å²) in [6, 6.07) is 6.71. The number of hydrogen-bond acceptors (Lipinski definition) is 2. The smallest absolute Gasteiger partial charge is 0.260 e. The van der Waals surface area contributed by atoms with Gasteiger partial charge in [0.25, 0.3) is 5.91 Å². The molecule has 17 heavy (non-hydrogen) atoms. The third-order valence-electron chi connectivity index (χ3n) is 2.04. The first-order valence-corrected chi connectivity index (χ1v) is 6.41. The second-order valence-corrected chi connectivity index (χ2v) is 5.13. The van der Waals surface area contributed by atoms with Crippen molar-refractivity contribution in [1.82, 2.24) is 0 Å². The monoisotopic (exact) mass is 381 g/mol. The van der Waals surface area contributed by atoms with Crippen molar-refractivity contribution < 1.29 is 9.21 Å². The van der Waals surface area contributed by atoms with Crippen LogP contribution < -0.4 is 5.32 Å². The summed E-state index contributed by atoms with van der Waals surface area (Å²) in [5.41, 5.74) is 0.981. The van der Waals surface area contributed by atoms with Crippen LogP contribution in [0.2, 0.25) is 10.2 Å². The van der Waals surface area contributed by atoms with Gasteiger partial charge in [0.15, 0.2) is 0 Å².